The zero-order valence-corrected chi connectivity index (χ0v) is 12.8. The highest BCUT2D eigenvalue weighted by molar-refractivity contribution is 7.26. The summed E-state index contributed by atoms with van der Waals surface area (Å²) in [5.74, 6) is 5.38. The van der Waals surface area contributed by atoms with Crippen molar-refractivity contribution in [3.63, 3.8) is 0 Å². The molecule has 6 heteroatoms. The average molecular weight is 327 g/mol. The van der Waals surface area contributed by atoms with Crippen LogP contribution in [0.5, 0.6) is 0 Å². The number of rotatable bonds is 4. The first-order valence-corrected chi connectivity index (χ1v) is 8.12. The summed E-state index contributed by atoms with van der Waals surface area (Å²) in [6.07, 6.45) is 0.469. The molecule has 0 aliphatic heterocycles. The highest BCUT2D eigenvalue weighted by Crippen LogP contribution is 2.34. The van der Waals surface area contributed by atoms with E-state index in [1.807, 2.05) is 0 Å². The molecule has 20 heavy (non-hydrogen) atoms. The third kappa shape index (κ3) is 2.73. The van der Waals surface area contributed by atoms with E-state index >= 15 is 0 Å². The predicted molar refractivity (Wildman–Crippen MR) is 84.9 cm³/mol. The molecule has 3 rings (SSSR count). The number of fused-ring (bicyclic) bond motifs is 1. The van der Waals surface area contributed by atoms with Crippen molar-refractivity contribution in [3.05, 3.63) is 57.0 Å². The lowest BCUT2D eigenvalue weighted by Crippen LogP contribution is -2.29. The number of benzene rings is 1. The topological polar surface area (TPSA) is 38.0 Å². The lowest BCUT2D eigenvalue weighted by Gasteiger charge is -2.14. The first-order valence-electron chi connectivity index (χ1n) is 6.04. The second-order valence-electron chi connectivity index (χ2n) is 4.46. The summed E-state index contributed by atoms with van der Waals surface area (Å²) in [6.45, 7) is 0. The van der Waals surface area contributed by atoms with Crippen molar-refractivity contribution in [2.45, 2.75) is 12.5 Å². The van der Waals surface area contributed by atoms with Gasteiger partial charge in [0, 0.05) is 19.3 Å². The van der Waals surface area contributed by atoms with Gasteiger partial charge in [0.1, 0.15) is 5.82 Å². The molecule has 0 spiro atoms. The minimum absolute atomic E-state index is 0.118. The Kier molecular flexibility index (Phi) is 4.05. The van der Waals surface area contributed by atoms with Gasteiger partial charge in [-0.1, -0.05) is 11.6 Å². The van der Waals surface area contributed by atoms with E-state index in [0.29, 0.717) is 17.0 Å². The van der Waals surface area contributed by atoms with Crippen LogP contribution in [0.3, 0.4) is 0 Å². The van der Waals surface area contributed by atoms with Crippen LogP contribution in [0.4, 0.5) is 4.39 Å². The monoisotopic (exact) mass is 326 g/mol. The first kappa shape index (κ1) is 14.0. The summed E-state index contributed by atoms with van der Waals surface area (Å²) >= 11 is 9.30. The summed E-state index contributed by atoms with van der Waals surface area (Å²) in [4.78, 5) is 1.11. The molecule has 0 saturated carbocycles. The van der Waals surface area contributed by atoms with Gasteiger partial charge >= 0.3 is 0 Å². The normalized spacial score (nSPS) is 12.9. The number of nitrogens with two attached hydrogens (primary N) is 1. The molecule has 104 valence electrons. The SMILES string of the molecule is NNC(Cc1cc(Cl)ccc1F)c1cc2sccc2s1. The molecule has 1 atom stereocenters. The van der Waals surface area contributed by atoms with E-state index in [1.165, 1.54) is 15.5 Å². The van der Waals surface area contributed by atoms with Crippen molar-refractivity contribution in [2.24, 2.45) is 5.84 Å². The Hall–Kier alpha value is -0.980. The number of hydrogen-bond acceptors (Lipinski definition) is 4. The smallest absolute Gasteiger partial charge is 0.126 e. The number of hydrogen-bond donors (Lipinski definition) is 2. The van der Waals surface area contributed by atoms with Crippen molar-refractivity contribution in [1.82, 2.24) is 5.43 Å². The van der Waals surface area contributed by atoms with Crippen LogP contribution in [0.1, 0.15) is 16.5 Å². The second kappa shape index (κ2) is 5.79. The minimum atomic E-state index is -0.256. The lowest BCUT2D eigenvalue weighted by atomic mass is 10.0. The zero-order chi connectivity index (χ0) is 14.1. The lowest BCUT2D eigenvalue weighted by molar-refractivity contribution is 0.535. The maximum atomic E-state index is 13.8. The van der Waals surface area contributed by atoms with Gasteiger partial charge in [0.15, 0.2) is 0 Å². The molecule has 2 aromatic heterocycles. The average Bonchev–Trinajstić information content (AvgIpc) is 3.00. The van der Waals surface area contributed by atoms with Crippen LogP contribution in [-0.2, 0) is 6.42 Å². The molecule has 3 N–H and O–H groups in total. The summed E-state index contributed by atoms with van der Waals surface area (Å²) in [7, 11) is 0. The van der Waals surface area contributed by atoms with Gasteiger partial charge in [-0.25, -0.2) is 4.39 Å². The van der Waals surface area contributed by atoms with Gasteiger partial charge in [-0.3, -0.25) is 11.3 Å². The van der Waals surface area contributed by atoms with Crippen molar-refractivity contribution in [2.75, 3.05) is 0 Å². The molecular formula is C14H12ClFN2S2. The van der Waals surface area contributed by atoms with E-state index in [-0.39, 0.29) is 11.9 Å². The van der Waals surface area contributed by atoms with Gasteiger partial charge in [0.05, 0.1) is 6.04 Å². The Morgan fingerprint density at radius 2 is 2.10 bits per heavy atom. The maximum Gasteiger partial charge on any atom is 0.126 e. The molecular weight excluding hydrogens is 315 g/mol. The minimum Gasteiger partial charge on any atom is -0.271 e. The molecule has 1 unspecified atom stereocenters. The molecule has 3 aromatic rings. The largest absolute Gasteiger partial charge is 0.271 e. The van der Waals surface area contributed by atoms with E-state index in [4.69, 9.17) is 17.4 Å². The van der Waals surface area contributed by atoms with Gasteiger partial charge in [0.25, 0.3) is 0 Å². The highest BCUT2D eigenvalue weighted by atomic mass is 35.5. The van der Waals surface area contributed by atoms with Crippen molar-refractivity contribution in [1.29, 1.82) is 0 Å². The quantitative estimate of drug-likeness (QED) is 0.547. The molecule has 2 heterocycles. The Balaban J connectivity index is 1.90. The van der Waals surface area contributed by atoms with Gasteiger partial charge in [-0.15, -0.1) is 22.7 Å². The Bertz CT molecular complexity index is 709. The summed E-state index contributed by atoms with van der Waals surface area (Å²) < 4.78 is 16.3. The standard InChI is InChI=1S/C14H12ClFN2S2/c15-9-1-2-10(16)8(5-9)6-11(18-17)13-7-14-12(20-13)3-4-19-14/h1-5,7,11,18H,6,17H2. The molecule has 0 fully saturated rings. The van der Waals surface area contributed by atoms with Crippen molar-refractivity contribution >= 4 is 43.7 Å². The maximum absolute atomic E-state index is 13.8. The molecule has 0 aliphatic rings. The molecule has 0 aliphatic carbocycles. The van der Waals surface area contributed by atoms with Crippen LogP contribution in [-0.4, -0.2) is 0 Å². The van der Waals surface area contributed by atoms with Crippen LogP contribution in [0.15, 0.2) is 35.7 Å². The number of halogens is 2. The van der Waals surface area contributed by atoms with E-state index in [9.17, 15) is 4.39 Å². The molecule has 0 saturated heterocycles. The van der Waals surface area contributed by atoms with Gasteiger partial charge in [-0.2, -0.15) is 0 Å². The van der Waals surface area contributed by atoms with Crippen LogP contribution >= 0.6 is 34.3 Å². The van der Waals surface area contributed by atoms with Crippen molar-refractivity contribution < 1.29 is 4.39 Å². The fourth-order valence-corrected chi connectivity index (χ4v) is 4.49. The summed E-state index contributed by atoms with van der Waals surface area (Å²) in [5, 5.41) is 2.59. The Labute approximate surface area is 129 Å². The molecule has 2 nitrogen and oxygen atoms in total. The van der Waals surface area contributed by atoms with E-state index < -0.39 is 0 Å². The van der Waals surface area contributed by atoms with Gasteiger partial charge < -0.3 is 0 Å². The van der Waals surface area contributed by atoms with Crippen LogP contribution in [0, 0.1) is 5.82 Å². The summed E-state index contributed by atoms with van der Waals surface area (Å²) in [5.41, 5.74) is 3.34. The second-order valence-corrected chi connectivity index (χ2v) is 6.96. The number of thiophene rings is 2. The van der Waals surface area contributed by atoms with Crippen LogP contribution in [0.2, 0.25) is 5.02 Å². The van der Waals surface area contributed by atoms with Crippen LogP contribution in [0.25, 0.3) is 9.40 Å². The number of hydrazine groups is 1. The third-order valence-electron chi connectivity index (χ3n) is 3.13. The highest BCUT2D eigenvalue weighted by Gasteiger charge is 2.16. The Morgan fingerprint density at radius 3 is 2.85 bits per heavy atom. The fourth-order valence-electron chi connectivity index (χ4n) is 2.12. The molecule has 0 amide bonds. The van der Waals surface area contributed by atoms with Crippen LogP contribution < -0.4 is 11.3 Å². The van der Waals surface area contributed by atoms with E-state index in [1.54, 1.807) is 34.8 Å². The Morgan fingerprint density at radius 1 is 1.25 bits per heavy atom. The first-order chi connectivity index (χ1) is 9.67. The molecule has 0 bridgehead atoms. The van der Waals surface area contributed by atoms with Crippen molar-refractivity contribution in [3.8, 4) is 0 Å². The van der Waals surface area contributed by atoms with E-state index in [2.05, 4.69) is 22.9 Å². The fraction of sp³-hybridized carbons (Fsp3) is 0.143. The molecule has 0 radical (unpaired) electrons. The number of nitrogens with one attached hydrogen (secondary N) is 1. The third-order valence-corrected chi connectivity index (χ3v) is 5.58. The summed E-state index contributed by atoms with van der Waals surface area (Å²) in [6, 6.07) is 8.66. The predicted octanol–water partition coefficient (Wildman–Crippen LogP) is 4.50. The van der Waals surface area contributed by atoms with E-state index in [0.717, 1.165) is 4.88 Å². The molecule has 1 aromatic carbocycles. The van der Waals surface area contributed by atoms with Gasteiger partial charge in [0.2, 0.25) is 0 Å². The zero-order valence-electron chi connectivity index (χ0n) is 10.4. The van der Waals surface area contributed by atoms with Gasteiger partial charge in [-0.05, 0) is 47.7 Å².